The number of anilines is 2. The van der Waals surface area contributed by atoms with Crippen LogP contribution in [0.5, 0.6) is 5.75 Å². The molecule has 1 fully saturated rings. The number of thioether (sulfide) groups is 1. The first kappa shape index (κ1) is 23.5. The van der Waals surface area contributed by atoms with Gasteiger partial charge in [-0.2, -0.15) is 0 Å². The molecular weight excluding hydrogens is 453 g/mol. The van der Waals surface area contributed by atoms with Crippen molar-refractivity contribution in [2.45, 2.75) is 18.1 Å². The molecule has 0 saturated carbocycles. The van der Waals surface area contributed by atoms with Gasteiger partial charge in [-0.05, 0) is 60.5 Å². The summed E-state index contributed by atoms with van der Waals surface area (Å²) in [6.45, 7) is 0.520. The number of methoxy groups -OCH3 is 1. The van der Waals surface area contributed by atoms with Crippen LogP contribution in [-0.2, 0) is 16.0 Å². The summed E-state index contributed by atoms with van der Waals surface area (Å²) in [6.07, 6.45) is 0.789. The van der Waals surface area contributed by atoms with Crippen molar-refractivity contribution in [2.24, 2.45) is 4.99 Å². The minimum absolute atomic E-state index is 0.0445. The lowest BCUT2D eigenvalue weighted by Crippen LogP contribution is -2.31. The van der Waals surface area contributed by atoms with Gasteiger partial charge in [0.1, 0.15) is 16.8 Å². The van der Waals surface area contributed by atoms with E-state index in [-0.39, 0.29) is 18.2 Å². The monoisotopic (exact) mass is 477 g/mol. The summed E-state index contributed by atoms with van der Waals surface area (Å²) in [6, 6.07) is 22.7. The van der Waals surface area contributed by atoms with Crippen LogP contribution in [0.2, 0.25) is 0 Å². The molecule has 1 N–H and O–H groups in total. The summed E-state index contributed by atoms with van der Waals surface area (Å²) in [4.78, 5) is 31.5. The predicted molar refractivity (Wildman–Crippen MR) is 134 cm³/mol. The largest absolute Gasteiger partial charge is 0.497 e. The Labute approximate surface area is 201 Å². The molecule has 1 atom stereocenters. The summed E-state index contributed by atoms with van der Waals surface area (Å²) >= 11 is 1.23. The number of amidine groups is 1. The molecule has 0 aliphatic carbocycles. The Morgan fingerprint density at radius 3 is 2.44 bits per heavy atom. The molecule has 6 nitrogen and oxygen atoms in total. The molecule has 34 heavy (non-hydrogen) atoms. The number of hydrogen-bond acceptors (Lipinski definition) is 5. The van der Waals surface area contributed by atoms with Gasteiger partial charge in [0.15, 0.2) is 5.17 Å². The third-order valence-electron chi connectivity index (χ3n) is 5.28. The molecule has 0 unspecified atom stereocenters. The number of carbonyl (C=O) groups excluding carboxylic acids is 2. The Morgan fingerprint density at radius 2 is 1.76 bits per heavy atom. The molecule has 1 aliphatic heterocycles. The van der Waals surface area contributed by atoms with Crippen molar-refractivity contribution in [1.29, 1.82) is 0 Å². The van der Waals surface area contributed by atoms with Crippen molar-refractivity contribution >= 4 is 40.1 Å². The van der Waals surface area contributed by atoms with E-state index in [1.165, 1.54) is 36.0 Å². The van der Waals surface area contributed by atoms with Crippen LogP contribution in [0.25, 0.3) is 0 Å². The highest BCUT2D eigenvalue weighted by molar-refractivity contribution is 8.15. The zero-order chi connectivity index (χ0) is 23.9. The number of nitrogens with one attached hydrogen (secondary N) is 1. The number of halogens is 1. The van der Waals surface area contributed by atoms with E-state index in [4.69, 9.17) is 9.73 Å². The van der Waals surface area contributed by atoms with Gasteiger partial charge in [0.05, 0.1) is 12.8 Å². The summed E-state index contributed by atoms with van der Waals surface area (Å²) < 4.78 is 18.5. The number of ether oxygens (including phenoxy) is 1. The van der Waals surface area contributed by atoms with Gasteiger partial charge in [-0.15, -0.1) is 0 Å². The molecule has 0 radical (unpaired) electrons. The minimum atomic E-state index is -0.626. The molecule has 1 aliphatic rings. The van der Waals surface area contributed by atoms with Crippen LogP contribution in [0.3, 0.4) is 0 Å². The quantitative estimate of drug-likeness (QED) is 0.297. The molecule has 1 saturated heterocycles. The Kier molecular flexibility index (Phi) is 7.59. The van der Waals surface area contributed by atoms with Crippen molar-refractivity contribution in [2.75, 3.05) is 23.9 Å². The summed E-state index contributed by atoms with van der Waals surface area (Å²) in [5.41, 5.74) is 2.32. The summed E-state index contributed by atoms with van der Waals surface area (Å²) in [5, 5.41) is 3.19. The van der Waals surface area contributed by atoms with Gasteiger partial charge in [-0.25, -0.2) is 9.29 Å². The number of amides is 2. The van der Waals surface area contributed by atoms with Crippen molar-refractivity contribution in [3.8, 4) is 5.75 Å². The van der Waals surface area contributed by atoms with Crippen molar-refractivity contribution in [3.05, 3.63) is 90.2 Å². The number of rotatable bonds is 7. The SMILES string of the molecule is COc1ccc(NC(=NCCc2ccccc2)S[C@@H]2CC(=O)N(c3ccc(F)cc3)C2=O)cc1. The van der Waals surface area contributed by atoms with Crippen LogP contribution in [-0.4, -0.2) is 35.9 Å². The summed E-state index contributed by atoms with van der Waals surface area (Å²) in [5.74, 6) is -0.353. The van der Waals surface area contributed by atoms with E-state index < -0.39 is 11.1 Å². The maximum absolute atomic E-state index is 13.3. The lowest BCUT2D eigenvalue weighted by atomic mass is 10.2. The zero-order valence-electron chi connectivity index (χ0n) is 18.6. The zero-order valence-corrected chi connectivity index (χ0v) is 19.4. The maximum atomic E-state index is 13.3. The molecule has 8 heteroatoms. The molecular formula is C26H24FN3O3S. The third kappa shape index (κ3) is 5.82. The van der Waals surface area contributed by atoms with Crippen LogP contribution in [0, 0.1) is 5.82 Å². The van der Waals surface area contributed by atoms with E-state index in [0.29, 0.717) is 17.4 Å². The molecule has 0 aromatic heterocycles. The fourth-order valence-corrected chi connectivity index (χ4v) is 4.57. The third-order valence-corrected chi connectivity index (χ3v) is 6.39. The number of hydrogen-bond donors (Lipinski definition) is 1. The lowest BCUT2D eigenvalue weighted by molar-refractivity contribution is -0.121. The highest BCUT2D eigenvalue weighted by Crippen LogP contribution is 2.31. The standard InChI is InChI=1S/C26H24FN3O3S/c1-33-22-13-9-20(10-14-22)29-26(28-16-15-18-5-3-2-4-6-18)34-23-17-24(31)30(25(23)32)21-11-7-19(27)8-12-21/h2-14,23H,15-17H2,1H3,(H,28,29)/t23-/m1/s1. The molecule has 3 aromatic rings. The second-order valence-electron chi connectivity index (χ2n) is 7.63. The van der Waals surface area contributed by atoms with Gasteiger partial charge in [0.25, 0.3) is 0 Å². The molecule has 2 amide bonds. The van der Waals surface area contributed by atoms with Gasteiger partial charge in [0, 0.05) is 18.7 Å². The summed E-state index contributed by atoms with van der Waals surface area (Å²) in [7, 11) is 1.60. The van der Waals surface area contributed by atoms with Gasteiger partial charge in [-0.1, -0.05) is 42.1 Å². The van der Waals surface area contributed by atoms with E-state index in [0.717, 1.165) is 28.3 Å². The van der Waals surface area contributed by atoms with E-state index in [9.17, 15) is 14.0 Å². The molecule has 0 bridgehead atoms. The van der Waals surface area contributed by atoms with Gasteiger partial charge < -0.3 is 10.1 Å². The van der Waals surface area contributed by atoms with E-state index in [2.05, 4.69) is 5.32 Å². The minimum Gasteiger partial charge on any atom is -0.497 e. The van der Waals surface area contributed by atoms with Crippen LogP contribution < -0.4 is 15.0 Å². The van der Waals surface area contributed by atoms with E-state index in [1.807, 2.05) is 54.6 Å². The Morgan fingerprint density at radius 1 is 1.06 bits per heavy atom. The smallest absolute Gasteiger partial charge is 0.247 e. The Bertz CT molecular complexity index is 1170. The van der Waals surface area contributed by atoms with Gasteiger partial charge in [-0.3, -0.25) is 14.6 Å². The van der Waals surface area contributed by atoms with Crippen molar-refractivity contribution in [3.63, 3.8) is 0 Å². The topological polar surface area (TPSA) is 71.0 Å². The second kappa shape index (κ2) is 11.0. The number of nitrogens with zero attached hydrogens (tertiary/aromatic N) is 2. The highest BCUT2D eigenvalue weighted by Gasteiger charge is 2.40. The number of carbonyl (C=O) groups is 2. The molecule has 0 spiro atoms. The van der Waals surface area contributed by atoms with Crippen LogP contribution in [0.15, 0.2) is 83.9 Å². The first-order chi connectivity index (χ1) is 16.5. The fraction of sp³-hybridized carbons (Fsp3) is 0.192. The van der Waals surface area contributed by atoms with E-state index in [1.54, 1.807) is 7.11 Å². The second-order valence-corrected chi connectivity index (χ2v) is 8.82. The van der Waals surface area contributed by atoms with Crippen LogP contribution in [0.1, 0.15) is 12.0 Å². The fourth-order valence-electron chi connectivity index (χ4n) is 3.53. The number of imide groups is 1. The average molecular weight is 478 g/mol. The van der Waals surface area contributed by atoms with Gasteiger partial charge in [0.2, 0.25) is 11.8 Å². The van der Waals surface area contributed by atoms with Crippen LogP contribution >= 0.6 is 11.8 Å². The molecule has 3 aromatic carbocycles. The highest BCUT2D eigenvalue weighted by atomic mass is 32.2. The predicted octanol–water partition coefficient (Wildman–Crippen LogP) is 4.91. The Hall–Kier alpha value is -3.65. The van der Waals surface area contributed by atoms with Crippen molar-refractivity contribution < 1.29 is 18.7 Å². The first-order valence-electron chi connectivity index (χ1n) is 10.8. The molecule has 1 heterocycles. The lowest BCUT2D eigenvalue weighted by Gasteiger charge is -2.16. The average Bonchev–Trinajstić information content (AvgIpc) is 3.13. The molecule has 4 rings (SSSR count). The van der Waals surface area contributed by atoms with Crippen LogP contribution in [0.4, 0.5) is 15.8 Å². The Balaban J connectivity index is 1.50. The van der Waals surface area contributed by atoms with Crippen molar-refractivity contribution in [1.82, 2.24) is 0 Å². The molecule has 174 valence electrons. The van der Waals surface area contributed by atoms with E-state index >= 15 is 0 Å². The number of aliphatic imine (C=N–C) groups is 1. The maximum Gasteiger partial charge on any atom is 0.247 e. The normalized spacial score (nSPS) is 16.1. The first-order valence-corrected chi connectivity index (χ1v) is 11.7. The van der Waals surface area contributed by atoms with Gasteiger partial charge >= 0.3 is 0 Å². The number of benzene rings is 3.